The molecule has 0 N–H and O–H groups in total. The molecule has 0 bridgehead atoms. The number of hydrogen-bond donors (Lipinski definition) is 0. The maximum absolute atomic E-state index is 5.57. The van der Waals surface area contributed by atoms with Gasteiger partial charge in [-0.05, 0) is 36.6 Å². The van der Waals surface area contributed by atoms with Crippen LogP contribution < -0.4 is 4.74 Å². The maximum Gasteiger partial charge on any atom is 0.119 e. The van der Waals surface area contributed by atoms with Gasteiger partial charge in [0.25, 0.3) is 0 Å². The van der Waals surface area contributed by atoms with Crippen molar-refractivity contribution in [3.63, 3.8) is 0 Å². The van der Waals surface area contributed by atoms with Crippen LogP contribution in [-0.2, 0) is 0 Å². The molecule has 2 aromatic carbocycles. The number of ether oxygens (including phenoxy) is 1. The first kappa shape index (κ1) is 15.3. The molecule has 0 radical (unpaired) electrons. The van der Waals surface area contributed by atoms with Gasteiger partial charge in [0.2, 0.25) is 0 Å². The molecular formula is C18H24O. The van der Waals surface area contributed by atoms with Gasteiger partial charge in [-0.15, -0.1) is 0 Å². The third-order valence-corrected chi connectivity index (χ3v) is 2.71. The van der Waals surface area contributed by atoms with Gasteiger partial charge in [0.1, 0.15) is 5.75 Å². The van der Waals surface area contributed by atoms with E-state index in [2.05, 4.69) is 50.2 Å². The second-order valence-electron chi connectivity index (χ2n) is 4.24. The summed E-state index contributed by atoms with van der Waals surface area (Å²) in [7, 11) is 0. The summed E-state index contributed by atoms with van der Waals surface area (Å²) < 4.78 is 5.57. The second kappa shape index (κ2) is 8.36. The van der Waals surface area contributed by atoms with Crippen molar-refractivity contribution < 1.29 is 4.74 Å². The minimum absolute atomic E-state index is 0.782. The Bertz CT molecular complexity index is 454. The van der Waals surface area contributed by atoms with Crippen LogP contribution in [0.25, 0.3) is 11.1 Å². The first-order valence-corrected chi connectivity index (χ1v) is 7.09. The van der Waals surface area contributed by atoms with Gasteiger partial charge in [-0.1, -0.05) is 62.7 Å². The van der Waals surface area contributed by atoms with E-state index in [9.17, 15) is 0 Å². The molecule has 2 aromatic rings. The Morgan fingerprint density at radius 1 is 0.789 bits per heavy atom. The average molecular weight is 256 g/mol. The van der Waals surface area contributed by atoms with Crippen LogP contribution in [-0.4, -0.2) is 6.61 Å². The molecule has 2 rings (SSSR count). The van der Waals surface area contributed by atoms with Gasteiger partial charge in [-0.3, -0.25) is 0 Å². The van der Waals surface area contributed by atoms with Crippen molar-refractivity contribution in [2.24, 2.45) is 0 Å². The predicted molar refractivity (Wildman–Crippen MR) is 83.7 cm³/mol. The Hall–Kier alpha value is -1.76. The maximum atomic E-state index is 5.57. The van der Waals surface area contributed by atoms with Gasteiger partial charge >= 0.3 is 0 Å². The van der Waals surface area contributed by atoms with Crippen molar-refractivity contribution in [1.29, 1.82) is 0 Å². The van der Waals surface area contributed by atoms with Gasteiger partial charge in [0, 0.05) is 0 Å². The summed E-state index contributed by atoms with van der Waals surface area (Å²) in [6, 6.07) is 16.9. The summed E-state index contributed by atoms with van der Waals surface area (Å²) in [5.74, 6) is 0.947. The van der Waals surface area contributed by atoms with E-state index < -0.39 is 0 Å². The van der Waals surface area contributed by atoms with Crippen molar-refractivity contribution in [1.82, 2.24) is 0 Å². The van der Waals surface area contributed by atoms with Crippen LogP contribution >= 0.6 is 0 Å². The van der Waals surface area contributed by atoms with Gasteiger partial charge in [0.15, 0.2) is 0 Å². The van der Waals surface area contributed by atoms with Gasteiger partial charge < -0.3 is 4.74 Å². The predicted octanol–water partition coefficient (Wildman–Crippen LogP) is 5.48. The zero-order chi connectivity index (χ0) is 14.1. The lowest BCUT2D eigenvalue weighted by atomic mass is 10.0. The van der Waals surface area contributed by atoms with Crippen LogP contribution in [0.3, 0.4) is 0 Å². The van der Waals surface area contributed by atoms with Crippen LogP contribution in [0.15, 0.2) is 48.5 Å². The van der Waals surface area contributed by atoms with Gasteiger partial charge in [-0.25, -0.2) is 0 Å². The summed E-state index contributed by atoms with van der Waals surface area (Å²) in [5.41, 5.74) is 3.77. The lowest BCUT2D eigenvalue weighted by molar-refractivity contribution is 0.317. The number of hydrogen-bond acceptors (Lipinski definition) is 1. The highest BCUT2D eigenvalue weighted by molar-refractivity contribution is 5.64. The standard InChI is InChI=1S/C16H18O.C2H6/c1-3-12-17-16-10-8-15(9-11-16)14-6-4-13(2)5-7-14;1-2/h4-11H,3,12H2,1-2H3;1-2H3. The van der Waals surface area contributed by atoms with E-state index in [1.807, 2.05) is 26.0 Å². The molecule has 19 heavy (non-hydrogen) atoms. The monoisotopic (exact) mass is 256 g/mol. The van der Waals surface area contributed by atoms with E-state index in [4.69, 9.17) is 4.74 Å². The first-order chi connectivity index (χ1) is 9.29. The molecule has 1 nitrogen and oxygen atoms in total. The highest BCUT2D eigenvalue weighted by Gasteiger charge is 1.98. The van der Waals surface area contributed by atoms with Gasteiger partial charge in [0.05, 0.1) is 6.61 Å². The van der Waals surface area contributed by atoms with Crippen LogP contribution in [0, 0.1) is 6.92 Å². The summed E-state index contributed by atoms with van der Waals surface area (Å²) in [4.78, 5) is 0. The molecule has 1 heteroatoms. The zero-order valence-corrected chi connectivity index (χ0v) is 12.4. The van der Waals surface area contributed by atoms with Crippen molar-refractivity contribution in [2.45, 2.75) is 34.1 Å². The minimum Gasteiger partial charge on any atom is -0.494 e. The highest BCUT2D eigenvalue weighted by atomic mass is 16.5. The molecular weight excluding hydrogens is 232 g/mol. The lowest BCUT2D eigenvalue weighted by Gasteiger charge is -2.06. The number of aryl methyl sites for hydroxylation is 1. The van der Waals surface area contributed by atoms with Crippen LogP contribution in [0.4, 0.5) is 0 Å². The van der Waals surface area contributed by atoms with E-state index in [-0.39, 0.29) is 0 Å². The number of rotatable bonds is 4. The normalized spacial score (nSPS) is 9.47. The molecule has 0 atom stereocenters. The summed E-state index contributed by atoms with van der Waals surface area (Å²) in [6.45, 7) is 9.00. The third-order valence-electron chi connectivity index (χ3n) is 2.71. The third kappa shape index (κ3) is 4.78. The topological polar surface area (TPSA) is 9.23 Å². The summed E-state index contributed by atoms with van der Waals surface area (Å²) >= 11 is 0. The molecule has 0 saturated heterocycles. The molecule has 0 aliphatic carbocycles. The highest BCUT2D eigenvalue weighted by Crippen LogP contribution is 2.22. The quantitative estimate of drug-likeness (QED) is 0.704. The van der Waals surface area contributed by atoms with Crippen molar-refractivity contribution in [2.75, 3.05) is 6.61 Å². The Labute approximate surface area is 117 Å². The molecule has 0 aliphatic heterocycles. The van der Waals surface area contributed by atoms with E-state index in [1.54, 1.807) is 0 Å². The van der Waals surface area contributed by atoms with Crippen LogP contribution in [0.2, 0.25) is 0 Å². The SMILES string of the molecule is CC.CCCOc1ccc(-c2ccc(C)cc2)cc1. The fourth-order valence-corrected chi connectivity index (χ4v) is 1.71. The average Bonchev–Trinajstić information content (AvgIpc) is 2.49. The lowest BCUT2D eigenvalue weighted by Crippen LogP contribution is -1.94. The minimum atomic E-state index is 0.782. The Morgan fingerprint density at radius 2 is 1.26 bits per heavy atom. The van der Waals surface area contributed by atoms with Crippen molar-refractivity contribution in [3.8, 4) is 16.9 Å². The zero-order valence-electron chi connectivity index (χ0n) is 12.4. The molecule has 102 valence electrons. The molecule has 0 aromatic heterocycles. The fourth-order valence-electron chi connectivity index (χ4n) is 1.71. The Kier molecular flexibility index (Phi) is 6.73. The largest absolute Gasteiger partial charge is 0.494 e. The molecule has 0 amide bonds. The second-order valence-corrected chi connectivity index (χ2v) is 4.24. The van der Waals surface area contributed by atoms with E-state index in [1.165, 1.54) is 16.7 Å². The fraction of sp³-hybridized carbons (Fsp3) is 0.333. The molecule has 0 spiro atoms. The van der Waals surface area contributed by atoms with E-state index >= 15 is 0 Å². The van der Waals surface area contributed by atoms with Crippen LogP contribution in [0.5, 0.6) is 5.75 Å². The van der Waals surface area contributed by atoms with E-state index in [0.717, 1.165) is 18.8 Å². The molecule has 0 heterocycles. The van der Waals surface area contributed by atoms with Crippen molar-refractivity contribution in [3.05, 3.63) is 54.1 Å². The first-order valence-electron chi connectivity index (χ1n) is 7.09. The summed E-state index contributed by atoms with van der Waals surface area (Å²) in [5, 5.41) is 0. The Balaban J connectivity index is 0.000000861. The van der Waals surface area contributed by atoms with Crippen LogP contribution in [0.1, 0.15) is 32.8 Å². The molecule has 0 saturated carbocycles. The molecule has 0 fully saturated rings. The summed E-state index contributed by atoms with van der Waals surface area (Å²) in [6.07, 6.45) is 1.04. The number of benzene rings is 2. The van der Waals surface area contributed by atoms with Crippen molar-refractivity contribution >= 4 is 0 Å². The van der Waals surface area contributed by atoms with Gasteiger partial charge in [-0.2, -0.15) is 0 Å². The van der Waals surface area contributed by atoms with E-state index in [0.29, 0.717) is 0 Å². The molecule has 0 unspecified atom stereocenters. The molecule has 0 aliphatic rings. The Morgan fingerprint density at radius 3 is 1.74 bits per heavy atom. The smallest absolute Gasteiger partial charge is 0.119 e.